The molecule has 0 atom stereocenters. The van der Waals surface area contributed by atoms with Crippen LogP contribution in [-0.4, -0.2) is 65.4 Å². The van der Waals surface area contributed by atoms with E-state index >= 15 is 0 Å². The topological polar surface area (TPSA) is 112 Å². The molecule has 0 bridgehead atoms. The lowest BCUT2D eigenvalue weighted by Gasteiger charge is -2.26. The van der Waals surface area contributed by atoms with Crippen molar-refractivity contribution in [3.05, 3.63) is 31.3 Å². The van der Waals surface area contributed by atoms with Crippen molar-refractivity contribution in [1.29, 1.82) is 0 Å². The number of rotatable bonds is 8. The zero-order chi connectivity index (χ0) is 22.9. The molecule has 0 saturated carbocycles. The number of nitrogens with zero attached hydrogens (tertiary/aromatic N) is 3. The van der Waals surface area contributed by atoms with Crippen molar-refractivity contribution in [3.8, 4) is 0 Å². The van der Waals surface area contributed by atoms with Gasteiger partial charge < -0.3 is 19.7 Å². The predicted molar refractivity (Wildman–Crippen MR) is 116 cm³/mol. The molecule has 10 nitrogen and oxygen atoms in total. The Labute approximate surface area is 183 Å². The van der Waals surface area contributed by atoms with Gasteiger partial charge in [0.1, 0.15) is 4.83 Å². The molecule has 3 rings (SSSR count). The average Bonchev–Trinajstić information content (AvgIpc) is 3.05. The first-order valence-corrected chi connectivity index (χ1v) is 10.8. The summed E-state index contributed by atoms with van der Waals surface area (Å²) in [7, 11) is 3.08. The summed E-state index contributed by atoms with van der Waals surface area (Å²) in [5, 5.41) is 2.96. The van der Waals surface area contributed by atoms with Gasteiger partial charge in [-0.05, 0) is 26.3 Å². The van der Waals surface area contributed by atoms with Crippen LogP contribution in [0, 0.1) is 6.92 Å². The highest BCUT2D eigenvalue weighted by Gasteiger charge is 2.29. The Kier molecular flexibility index (Phi) is 6.68. The quantitative estimate of drug-likeness (QED) is 0.567. The largest absolute Gasteiger partial charge is 0.383 e. The van der Waals surface area contributed by atoms with E-state index in [4.69, 9.17) is 9.47 Å². The molecule has 1 N–H and O–H groups in total. The number of methoxy groups -OCH3 is 2. The number of nitrogens with one attached hydrogen (secondary N) is 1. The van der Waals surface area contributed by atoms with Crippen molar-refractivity contribution in [2.24, 2.45) is 0 Å². The fraction of sp³-hybridized carbons (Fsp3) is 0.600. The molecule has 0 radical (unpaired) electrons. The highest BCUT2D eigenvalue weighted by molar-refractivity contribution is 7.18. The van der Waals surface area contributed by atoms with Gasteiger partial charge in [0.25, 0.3) is 5.56 Å². The molecule has 0 spiro atoms. The molecule has 2 amide bonds. The first-order chi connectivity index (χ1) is 14.6. The van der Waals surface area contributed by atoms with Crippen molar-refractivity contribution in [2.75, 3.05) is 33.9 Å². The molecule has 2 aromatic heterocycles. The summed E-state index contributed by atoms with van der Waals surface area (Å²) in [5.41, 5.74) is -0.822. The molecule has 1 aliphatic rings. The molecule has 3 heterocycles. The van der Waals surface area contributed by atoms with Gasteiger partial charge in [-0.1, -0.05) is 0 Å². The SMILES string of the molecule is COCCn1c(=O)n(CC(C)(C)OC)c(=O)c2c(C)c(CN3CCNC(=O)C3=O)sc21. The normalized spacial score (nSPS) is 15.1. The molecular weight excluding hydrogens is 424 g/mol. The molecule has 170 valence electrons. The highest BCUT2D eigenvalue weighted by atomic mass is 32.1. The Balaban J connectivity index is 2.16. The van der Waals surface area contributed by atoms with Crippen LogP contribution in [-0.2, 0) is 38.7 Å². The van der Waals surface area contributed by atoms with Gasteiger partial charge in [0.05, 0.1) is 37.2 Å². The molecular formula is C20H28N4O6S. The van der Waals surface area contributed by atoms with Gasteiger partial charge in [-0.3, -0.25) is 23.5 Å². The lowest BCUT2D eigenvalue weighted by atomic mass is 10.1. The van der Waals surface area contributed by atoms with E-state index in [0.29, 0.717) is 35.5 Å². The Morgan fingerprint density at radius 1 is 1.13 bits per heavy atom. The van der Waals surface area contributed by atoms with Crippen molar-refractivity contribution >= 4 is 33.4 Å². The maximum Gasteiger partial charge on any atom is 0.332 e. The van der Waals surface area contributed by atoms with E-state index in [2.05, 4.69) is 5.32 Å². The van der Waals surface area contributed by atoms with Crippen molar-refractivity contribution in [2.45, 2.75) is 46.0 Å². The van der Waals surface area contributed by atoms with Crippen LogP contribution in [0.4, 0.5) is 0 Å². The zero-order valence-electron chi connectivity index (χ0n) is 18.4. The molecule has 0 unspecified atom stereocenters. The summed E-state index contributed by atoms with van der Waals surface area (Å²) < 4.78 is 13.3. The molecule has 31 heavy (non-hydrogen) atoms. The van der Waals surface area contributed by atoms with Crippen LogP contribution in [0.15, 0.2) is 9.59 Å². The van der Waals surface area contributed by atoms with Crippen molar-refractivity contribution < 1.29 is 19.1 Å². The predicted octanol–water partition coefficient (Wildman–Crippen LogP) is 0.0629. The Hall–Kier alpha value is -2.50. The lowest BCUT2D eigenvalue weighted by molar-refractivity contribution is -0.148. The van der Waals surface area contributed by atoms with E-state index in [1.54, 1.807) is 14.0 Å². The third-order valence-corrected chi connectivity index (χ3v) is 6.79. The van der Waals surface area contributed by atoms with Gasteiger partial charge in [0, 0.05) is 32.2 Å². The third-order valence-electron chi connectivity index (χ3n) is 5.49. The maximum atomic E-state index is 13.3. The van der Waals surface area contributed by atoms with E-state index in [9.17, 15) is 19.2 Å². The third kappa shape index (κ3) is 4.43. The van der Waals surface area contributed by atoms with Crippen molar-refractivity contribution in [1.82, 2.24) is 19.4 Å². The number of fused-ring (bicyclic) bond motifs is 1. The van der Waals surface area contributed by atoms with Crippen LogP contribution in [0.25, 0.3) is 10.2 Å². The molecule has 1 saturated heterocycles. The average molecular weight is 453 g/mol. The number of carbonyl (C=O) groups is 2. The summed E-state index contributed by atoms with van der Waals surface area (Å²) >= 11 is 1.30. The number of carbonyl (C=O) groups excluding carboxylic acids is 2. The Morgan fingerprint density at radius 2 is 1.84 bits per heavy atom. The van der Waals surface area contributed by atoms with E-state index in [1.165, 1.54) is 32.5 Å². The molecule has 11 heteroatoms. The second-order valence-corrected chi connectivity index (χ2v) is 9.18. The number of thiophene rings is 1. The molecule has 1 fully saturated rings. The number of amides is 2. The van der Waals surface area contributed by atoms with Crippen LogP contribution in [0.3, 0.4) is 0 Å². The summed E-state index contributed by atoms with van der Waals surface area (Å²) in [6.07, 6.45) is 0. The van der Waals surface area contributed by atoms with Gasteiger partial charge >= 0.3 is 17.5 Å². The molecule has 0 aliphatic carbocycles. The summed E-state index contributed by atoms with van der Waals surface area (Å²) in [4.78, 5) is 53.2. The minimum absolute atomic E-state index is 0.0967. The smallest absolute Gasteiger partial charge is 0.332 e. The fourth-order valence-electron chi connectivity index (χ4n) is 3.51. The van der Waals surface area contributed by atoms with Gasteiger partial charge in [-0.15, -0.1) is 11.3 Å². The standard InChI is InChI=1S/C20H28N4O6S/c1-12-13(10-22-7-6-21-15(25)17(22)27)31-18-14(12)16(26)24(11-20(2,3)30-5)19(28)23(18)8-9-29-4/h6-11H2,1-5H3,(H,21,25). The maximum absolute atomic E-state index is 13.3. The van der Waals surface area contributed by atoms with Crippen LogP contribution in [0.5, 0.6) is 0 Å². The number of aromatic nitrogens is 2. The van der Waals surface area contributed by atoms with E-state index in [0.717, 1.165) is 4.88 Å². The van der Waals surface area contributed by atoms with Crippen LogP contribution < -0.4 is 16.6 Å². The van der Waals surface area contributed by atoms with Gasteiger partial charge in [0.2, 0.25) is 0 Å². The molecule has 0 aromatic carbocycles. The lowest BCUT2D eigenvalue weighted by Crippen LogP contribution is -2.51. The summed E-state index contributed by atoms with van der Waals surface area (Å²) in [6.45, 7) is 7.08. The molecule has 1 aliphatic heterocycles. The van der Waals surface area contributed by atoms with Gasteiger partial charge in [-0.2, -0.15) is 0 Å². The van der Waals surface area contributed by atoms with E-state index in [1.807, 2.05) is 13.8 Å². The molecule has 2 aromatic rings. The van der Waals surface area contributed by atoms with Gasteiger partial charge in [0.15, 0.2) is 0 Å². The summed E-state index contributed by atoms with van der Waals surface area (Å²) in [6, 6.07) is 0. The number of hydrogen-bond acceptors (Lipinski definition) is 7. The highest BCUT2D eigenvalue weighted by Crippen LogP contribution is 2.29. The minimum atomic E-state index is -0.712. The Morgan fingerprint density at radius 3 is 2.48 bits per heavy atom. The van der Waals surface area contributed by atoms with Crippen LogP contribution in [0.1, 0.15) is 24.3 Å². The van der Waals surface area contributed by atoms with Crippen LogP contribution >= 0.6 is 11.3 Å². The summed E-state index contributed by atoms with van der Waals surface area (Å²) in [5.74, 6) is -1.23. The van der Waals surface area contributed by atoms with Crippen molar-refractivity contribution in [3.63, 3.8) is 0 Å². The monoisotopic (exact) mass is 452 g/mol. The number of piperazine rings is 1. The van der Waals surface area contributed by atoms with Crippen LogP contribution in [0.2, 0.25) is 0 Å². The van der Waals surface area contributed by atoms with Gasteiger partial charge in [-0.25, -0.2) is 4.79 Å². The Bertz CT molecular complexity index is 1130. The van der Waals surface area contributed by atoms with E-state index < -0.39 is 23.1 Å². The fourth-order valence-corrected chi connectivity index (χ4v) is 4.84. The number of aryl methyl sites for hydroxylation is 1. The minimum Gasteiger partial charge on any atom is -0.383 e. The zero-order valence-corrected chi connectivity index (χ0v) is 19.3. The number of ether oxygens (including phenoxy) is 2. The van der Waals surface area contributed by atoms with E-state index in [-0.39, 0.29) is 25.2 Å². The first kappa shape index (κ1) is 23.2. The second-order valence-electron chi connectivity index (χ2n) is 8.10. The first-order valence-electron chi connectivity index (χ1n) is 9.98. The number of hydrogen-bond donors (Lipinski definition) is 1. The second kappa shape index (κ2) is 8.93.